The number of nitrogens with zero attached hydrogens (tertiary/aromatic N) is 1. The summed E-state index contributed by atoms with van der Waals surface area (Å²) in [6.45, 7) is 2.20. The molecule has 1 aromatic rings. The smallest absolute Gasteiger partial charge is 0.326 e. The highest BCUT2D eigenvalue weighted by Crippen LogP contribution is 2.16. The summed E-state index contributed by atoms with van der Waals surface area (Å²) < 4.78 is 17.8. The topological polar surface area (TPSA) is 75.7 Å². The van der Waals surface area contributed by atoms with Gasteiger partial charge in [0, 0.05) is 18.8 Å². The van der Waals surface area contributed by atoms with E-state index in [0.29, 0.717) is 25.3 Å². The molecule has 2 amide bonds. The number of hydrogen-bond acceptors (Lipinski definition) is 5. The molecule has 130 valence electrons. The van der Waals surface area contributed by atoms with Crippen molar-refractivity contribution in [3.05, 3.63) is 35.6 Å². The number of carbonyl (C=O) groups is 3. The normalized spacial score (nSPS) is 15.2. The maximum absolute atomic E-state index is 12.8. The van der Waals surface area contributed by atoms with Crippen molar-refractivity contribution in [2.24, 2.45) is 0 Å². The minimum atomic E-state index is -0.934. The molecule has 0 aliphatic carbocycles. The quantitative estimate of drug-likeness (QED) is 0.753. The van der Waals surface area contributed by atoms with Crippen molar-refractivity contribution in [3.63, 3.8) is 0 Å². The van der Waals surface area contributed by atoms with Crippen LogP contribution >= 0.6 is 11.8 Å². The van der Waals surface area contributed by atoms with Crippen molar-refractivity contribution >= 4 is 28.9 Å². The first-order valence-corrected chi connectivity index (χ1v) is 8.57. The largest absolute Gasteiger partial charge is 0.451 e. The summed E-state index contributed by atoms with van der Waals surface area (Å²) in [5.41, 5.74) is 0.895. The number of amides is 2. The van der Waals surface area contributed by atoms with Crippen molar-refractivity contribution in [2.45, 2.75) is 19.4 Å². The number of halogens is 1. The molecule has 2 rings (SSSR count). The van der Waals surface area contributed by atoms with E-state index < -0.39 is 18.0 Å². The first-order chi connectivity index (χ1) is 11.5. The average molecular weight is 354 g/mol. The van der Waals surface area contributed by atoms with Crippen molar-refractivity contribution in [1.82, 2.24) is 10.2 Å². The molecule has 1 aromatic carbocycles. The van der Waals surface area contributed by atoms with E-state index in [4.69, 9.17) is 4.74 Å². The number of hydrogen-bond donors (Lipinski definition) is 1. The van der Waals surface area contributed by atoms with Gasteiger partial charge in [-0.2, -0.15) is 0 Å². The van der Waals surface area contributed by atoms with Crippen LogP contribution in [-0.4, -0.2) is 53.5 Å². The molecular weight excluding hydrogens is 335 g/mol. The SMILES string of the molecule is C[C@@H](OC(=O)CN1CCSC1=O)C(=O)NCCc1ccc(F)cc1. The third-order valence-corrected chi connectivity index (χ3v) is 4.36. The Morgan fingerprint density at radius 1 is 1.38 bits per heavy atom. The van der Waals surface area contributed by atoms with Gasteiger partial charge in [-0.15, -0.1) is 0 Å². The van der Waals surface area contributed by atoms with Gasteiger partial charge in [-0.3, -0.25) is 14.4 Å². The van der Waals surface area contributed by atoms with Crippen molar-refractivity contribution in [3.8, 4) is 0 Å². The fourth-order valence-corrected chi connectivity index (χ4v) is 2.96. The Morgan fingerprint density at radius 2 is 2.08 bits per heavy atom. The maximum atomic E-state index is 12.8. The summed E-state index contributed by atoms with van der Waals surface area (Å²) in [5, 5.41) is 2.51. The molecule has 1 aliphatic rings. The molecule has 1 fully saturated rings. The van der Waals surface area contributed by atoms with Crippen LogP contribution < -0.4 is 5.32 Å². The lowest BCUT2D eigenvalue weighted by atomic mass is 10.1. The zero-order chi connectivity index (χ0) is 17.5. The Bertz CT molecular complexity index is 609. The predicted molar refractivity (Wildman–Crippen MR) is 88.1 cm³/mol. The van der Waals surface area contributed by atoms with E-state index in [-0.39, 0.29) is 17.6 Å². The first kappa shape index (κ1) is 18.3. The van der Waals surface area contributed by atoms with Crippen molar-refractivity contribution < 1.29 is 23.5 Å². The number of thioether (sulfide) groups is 1. The minimum absolute atomic E-state index is 0.140. The molecule has 6 nitrogen and oxygen atoms in total. The molecule has 0 aromatic heterocycles. The number of rotatable bonds is 7. The Labute approximate surface area is 143 Å². The second-order valence-corrected chi connectivity index (χ2v) is 6.38. The molecule has 8 heteroatoms. The van der Waals surface area contributed by atoms with Gasteiger partial charge in [0.2, 0.25) is 0 Å². The number of ether oxygens (including phenoxy) is 1. The summed E-state index contributed by atoms with van der Waals surface area (Å²) in [6.07, 6.45) is -0.386. The summed E-state index contributed by atoms with van der Waals surface area (Å²) in [6, 6.07) is 6.02. The molecule has 24 heavy (non-hydrogen) atoms. The molecule has 0 radical (unpaired) electrons. The lowest BCUT2D eigenvalue weighted by Gasteiger charge is -2.17. The van der Waals surface area contributed by atoms with Gasteiger partial charge in [-0.1, -0.05) is 23.9 Å². The second kappa shape index (κ2) is 8.68. The van der Waals surface area contributed by atoms with Crippen molar-refractivity contribution in [1.29, 1.82) is 0 Å². The van der Waals surface area contributed by atoms with Gasteiger partial charge in [-0.25, -0.2) is 4.39 Å². The summed E-state index contributed by atoms with van der Waals surface area (Å²) >= 11 is 1.16. The van der Waals surface area contributed by atoms with Crippen LogP contribution in [0.4, 0.5) is 9.18 Å². The Kier molecular flexibility index (Phi) is 6.60. The van der Waals surface area contributed by atoms with Crippen LogP contribution in [-0.2, 0) is 20.7 Å². The lowest BCUT2D eigenvalue weighted by Crippen LogP contribution is -2.39. The van der Waals surface area contributed by atoms with E-state index in [2.05, 4.69) is 5.32 Å². The maximum Gasteiger partial charge on any atom is 0.326 e. The zero-order valence-electron chi connectivity index (χ0n) is 13.3. The molecule has 0 saturated carbocycles. The molecule has 1 atom stereocenters. The van der Waals surface area contributed by atoms with Crippen molar-refractivity contribution in [2.75, 3.05) is 25.4 Å². The fraction of sp³-hybridized carbons (Fsp3) is 0.438. The van der Waals surface area contributed by atoms with E-state index in [1.807, 2.05) is 0 Å². The standard InChI is InChI=1S/C16H19FN2O4S/c1-11(23-14(20)10-19-8-9-24-16(19)22)15(21)18-7-6-12-2-4-13(17)5-3-12/h2-5,11H,6-10H2,1H3,(H,18,21)/t11-/m1/s1. The molecule has 1 N–H and O–H groups in total. The molecule has 1 aliphatic heterocycles. The predicted octanol–water partition coefficient (Wildman–Crippen LogP) is 1.58. The number of esters is 1. The van der Waals surface area contributed by atoms with Crippen LogP contribution in [0.1, 0.15) is 12.5 Å². The van der Waals surface area contributed by atoms with Crippen LogP contribution in [0.15, 0.2) is 24.3 Å². The second-order valence-electron chi connectivity index (χ2n) is 5.34. The molecule has 0 bridgehead atoms. The highest BCUT2D eigenvalue weighted by atomic mass is 32.2. The molecular formula is C16H19FN2O4S. The lowest BCUT2D eigenvalue weighted by molar-refractivity contribution is -0.155. The summed E-state index contributed by atoms with van der Waals surface area (Å²) in [7, 11) is 0. The third kappa shape index (κ3) is 5.52. The van der Waals surface area contributed by atoms with Crippen LogP contribution in [0.3, 0.4) is 0 Å². The number of carbonyl (C=O) groups excluding carboxylic acids is 3. The molecule has 0 spiro atoms. The summed E-state index contributed by atoms with van der Waals surface area (Å²) in [4.78, 5) is 36.4. The van der Waals surface area contributed by atoms with E-state index in [1.165, 1.54) is 24.0 Å². The first-order valence-electron chi connectivity index (χ1n) is 7.59. The highest BCUT2D eigenvalue weighted by Gasteiger charge is 2.25. The van der Waals surface area contributed by atoms with Crippen LogP contribution in [0.5, 0.6) is 0 Å². The number of benzene rings is 1. The monoisotopic (exact) mass is 354 g/mol. The summed E-state index contributed by atoms with van der Waals surface area (Å²) in [5.74, 6) is -0.663. The van der Waals surface area contributed by atoms with Gasteiger partial charge >= 0.3 is 5.97 Å². The van der Waals surface area contributed by atoms with Crippen LogP contribution in [0.25, 0.3) is 0 Å². The van der Waals surface area contributed by atoms with E-state index in [0.717, 1.165) is 17.3 Å². The Morgan fingerprint density at radius 3 is 2.71 bits per heavy atom. The minimum Gasteiger partial charge on any atom is -0.451 e. The third-order valence-electron chi connectivity index (χ3n) is 3.47. The van der Waals surface area contributed by atoms with Crippen LogP contribution in [0.2, 0.25) is 0 Å². The van der Waals surface area contributed by atoms with E-state index in [9.17, 15) is 18.8 Å². The fourth-order valence-electron chi connectivity index (χ4n) is 2.14. The highest BCUT2D eigenvalue weighted by molar-refractivity contribution is 8.13. The van der Waals surface area contributed by atoms with Gasteiger partial charge < -0.3 is 15.0 Å². The van der Waals surface area contributed by atoms with E-state index in [1.54, 1.807) is 12.1 Å². The van der Waals surface area contributed by atoms with Gasteiger partial charge in [-0.05, 0) is 31.0 Å². The molecule has 1 saturated heterocycles. The number of nitrogens with one attached hydrogen (secondary N) is 1. The van der Waals surface area contributed by atoms with Crippen LogP contribution in [0, 0.1) is 5.82 Å². The van der Waals surface area contributed by atoms with E-state index >= 15 is 0 Å². The molecule has 0 unspecified atom stereocenters. The Balaban J connectivity index is 1.68. The van der Waals surface area contributed by atoms with Gasteiger partial charge in [0.25, 0.3) is 11.1 Å². The van der Waals surface area contributed by atoms with Gasteiger partial charge in [0.15, 0.2) is 6.10 Å². The Hall–Kier alpha value is -2.09. The molecule has 1 heterocycles. The zero-order valence-corrected chi connectivity index (χ0v) is 14.1. The van der Waals surface area contributed by atoms with Gasteiger partial charge in [0.1, 0.15) is 12.4 Å². The average Bonchev–Trinajstić information content (AvgIpc) is 2.94. The van der Waals surface area contributed by atoms with Gasteiger partial charge in [0.05, 0.1) is 0 Å².